The molecule has 19 heavy (non-hydrogen) atoms. The summed E-state index contributed by atoms with van der Waals surface area (Å²) >= 11 is 0. The van der Waals surface area contributed by atoms with Gasteiger partial charge >= 0.3 is 0 Å². The van der Waals surface area contributed by atoms with Crippen molar-refractivity contribution in [3.63, 3.8) is 0 Å². The van der Waals surface area contributed by atoms with Crippen molar-refractivity contribution in [1.29, 1.82) is 0 Å². The topological polar surface area (TPSA) is 65.5 Å². The van der Waals surface area contributed by atoms with Crippen LogP contribution in [0, 0.1) is 6.92 Å². The maximum Gasteiger partial charge on any atom is 0.218 e. The second-order valence-corrected chi connectivity index (χ2v) is 3.98. The number of aromatic nitrogens is 2. The molecule has 1 N–H and O–H groups in total. The highest BCUT2D eigenvalue weighted by molar-refractivity contribution is 5.38. The van der Waals surface area contributed by atoms with Gasteiger partial charge in [-0.2, -0.15) is 4.98 Å². The zero-order chi connectivity index (χ0) is 13.9. The van der Waals surface area contributed by atoms with Crippen LogP contribution in [0.4, 0.5) is 5.82 Å². The minimum Gasteiger partial charge on any atom is -0.477 e. The quantitative estimate of drug-likeness (QED) is 0.652. The van der Waals surface area contributed by atoms with Crippen molar-refractivity contribution >= 4 is 5.82 Å². The third-order valence-electron chi connectivity index (χ3n) is 2.29. The second kappa shape index (κ2) is 9.52. The molecule has 0 radical (unpaired) electrons. The Bertz CT molecular complexity index is 361. The summed E-state index contributed by atoms with van der Waals surface area (Å²) in [5, 5.41) is 3.14. The molecule has 0 aliphatic carbocycles. The Morgan fingerprint density at radius 2 is 2.00 bits per heavy atom. The van der Waals surface area contributed by atoms with E-state index in [2.05, 4.69) is 15.3 Å². The van der Waals surface area contributed by atoms with Crippen molar-refractivity contribution in [2.75, 3.05) is 45.4 Å². The van der Waals surface area contributed by atoms with E-state index in [1.54, 1.807) is 7.11 Å². The lowest BCUT2D eigenvalue weighted by molar-refractivity contribution is 0.0642. The molecule has 0 atom stereocenters. The van der Waals surface area contributed by atoms with Crippen LogP contribution in [0.5, 0.6) is 5.88 Å². The van der Waals surface area contributed by atoms with E-state index in [4.69, 9.17) is 14.2 Å². The number of anilines is 1. The number of rotatable bonds is 10. The molecule has 6 nitrogen and oxygen atoms in total. The van der Waals surface area contributed by atoms with Gasteiger partial charge in [0.25, 0.3) is 0 Å². The summed E-state index contributed by atoms with van der Waals surface area (Å²) in [6.45, 7) is 7.17. The Hall–Kier alpha value is -1.40. The molecule has 0 aliphatic heterocycles. The first-order chi connectivity index (χ1) is 9.26. The van der Waals surface area contributed by atoms with Crippen LogP contribution in [0.3, 0.4) is 0 Å². The highest BCUT2D eigenvalue weighted by Gasteiger charge is 2.02. The zero-order valence-corrected chi connectivity index (χ0v) is 11.9. The molecule has 1 heterocycles. The van der Waals surface area contributed by atoms with Gasteiger partial charge in [-0.15, -0.1) is 0 Å². The Kier molecular flexibility index (Phi) is 7.84. The average Bonchev–Trinajstić information content (AvgIpc) is 2.37. The van der Waals surface area contributed by atoms with Crippen LogP contribution in [0.15, 0.2) is 6.07 Å². The summed E-state index contributed by atoms with van der Waals surface area (Å²) < 4.78 is 15.8. The molecule has 1 rings (SSSR count). The van der Waals surface area contributed by atoms with Gasteiger partial charge in [0.05, 0.1) is 19.8 Å². The van der Waals surface area contributed by atoms with E-state index < -0.39 is 0 Å². The number of hydrogen-bond acceptors (Lipinski definition) is 6. The summed E-state index contributed by atoms with van der Waals surface area (Å²) in [6, 6.07) is 1.81. The van der Waals surface area contributed by atoms with E-state index in [1.807, 2.05) is 19.9 Å². The van der Waals surface area contributed by atoms with Gasteiger partial charge in [-0.3, -0.25) is 0 Å². The van der Waals surface area contributed by atoms with Gasteiger partial charge in [0.1, 0.15) is 11.6 Å². The van der Waals surface area contributed by atoms with E-state index in [9.17, 15) is 0 Å². The van der Waals surface area contributed by atoms with Gasteiger partial charge < -0.3 is 19.5 Å². The van der Waals surface area contributed by atoms with Crippen LogP contribution < -0.4 is 10.1 Å². The van der Waals surface area contributed by atoms with Gasteiger partial charge in [-0.25, -0.2) is 4.98 Å². The monoisotopic (exact) mass is 269 g/mol. The normalized spacial score (nSPS) is 10.5. The van der Waals surface area contributed by atoms with E-state index in [-0.39, 0.29) is 0 Å². The van der Waals surface area contributed by atoms with Crippen LogP contribution in [0.25, 0.3) is 0 Å². The molecule has 6 heteroatoms. The van der Waals surface area contributed by atoms with E-state index >= 15 is 0 Å². The number of ether oxygens (including phenoxy) is 3. The van der Waals surface area contributed by atoms with E-state index in [0.29, 0.717) is 38.1 Å². The molecule has 1 aromatic rings. The summed E-state index contributed by atoms with van der Waals surface area (Å²) in [4.78, 5) is 8.49. The van der Waals surface area contributed by atoms with Gasteiger partial charge in [-0.05, 0) is 13.8 Å². The molecule has 0 aliphatic rings. The highest BCUT2D eigenvalue weighted by atomic mass is 16.5. The largest absolute Gasteiger partial charge is 0.477 e. The SMILES string of the molecule is CCNc1cc(OCCCOCCOC)nc(C)n1. The Morgan fingerprint density at radius 1 is 1.16 bits per heavy atom. The molecular formula is C13H23N3O3. The molecule has 1 aromatic heterocycles. The zero-order valence-electron chi connectivity index (χ0n) is 11.9. The first kappa shape index (κ1) is 15.7. The van der Waals surface area contributed by atoms with Crippen molar-refractivity contribution in [3.8, 4) is 5.88 Å². The molecule has 0 aromatic carbocycles. The lowest BCUT2D eigenvalue weighted by Crippen LogP contribution is -2.08. The average molecular weight is 269 g/mol. The lowest BCUT2D eigenvalue weighted by atomic mass is 10.4. The van der Waals surface area contributed by atoms with Crippen LogP contribution in [-0.2, 0) is 9.47 Å². The van der Waals surface area contributed by atoms with Crippen LogP contribution >= 0.6 is 0 Å². The number of hydrogen-bond donors (Lipinski definition) is 1. The number of nitrogens with one attached hydrogen (secondary N) is 1. The molecule has 0 saturated carbocycles. The smallest absolute Gasteiger partial charge is 0.218 e. The first-order valence-corrected chi connectivity index (χ1v) is 6.55. The third-order valence-corrected chi connectivity index (χ3v) is 2.29. The minimum absolute atomic E-state index is 0.578. The van der Waals surface area contributed by atoms with Crippen LogP contribution in [-0.4, -0.2) is 50.1 Å². The lowest BCUT2D eigenvalue weighted by Gasteiger charge is -2.09. The molecule has 0 fully saturated rings. The molecule has 0 spiro atoms. The van der Waals surface area contributed by atoms with Crippen LogP contribution in [0.2, 0.25) is 0 Å². The van der Waals surface area contributed by atoms with Gasteiger partial charge in [-0.1, -0.05) is 0 Å². The van der Waals surface area contributed by atoms with E-state index in [0.717, 1.165) is 18.8 Å². The van der Waals surface area contributed by atoms with Gasteiger partial charge in [0.2, 0.25) is 5.88 Å². The van der Waals surface area contributed by atoms with Crippen molar-refractivity contribution in [3.05, 3.63) is 11.9 Å². The van der Waals surface area contributed by atoms with Crippen molar-refractivity contribution < 1.29 is 14.2 Å². The summed E-state index contributed by atoms with van der Waals surface area (Å²) in [7, 11) is 1.66. The minimum atomic E-state index is 0.578. The number of nitrogens with zero attached hydrogens (tertiary/aromatic N) is 2. The summed E-state index contributed by atoms with van der Waals surface area (Å²) in [5.41, 5.74) is 0. The number of methoxy groups -OCH3 is 1. The Balaban J connectivity index is 2.25. The fraction of sp³-hybridized carbons (Fsp3) is 0.692. The van der Waals surface area contributed by atoms with Crippen molar-refractivity contribution in [2.45, 2.75) is 20.3 Å². The summed E-state index contributed by atoms with van der Waals surface area (Å²) in [6.07, 6.45) is 0.823. The molecule has 108 valence electrons. The standard InChI is InChI=1S/C13H23N3O3/c1-4-14-12-10-13(16-11(2)15-12)19-7-5-6-18-9-8-17-3/h10H,4-9H2,1-3H3,(H,14,15,16). The fourth-order valence-electron chi connectivity index (χ4n) is 1.47. The van der Waals surface area contributed by atoms with Gasteiger partial charge in [0.15, 0.2) is 0 Å². The second-order valence-electron chi connectivity index (χ2n) is 3.98. The molecule has 0 bridgehead atoms. The van der Waals surface area contributed by atoms with E-state index in [1.165, 1.54) is 0 Å². The fourth-order valence-corrected chi connectivity index (χ4v) is 1.47. The molecule has 0 saturated heterocycles. The molecule has 0 amide bonds. The Morgan fingerprint density at radius 3 is 2.74 bits per heavy atom. The first-order valence-electron chi connectivity index (χ1n) is 6.55. The maximum atomic E-state index is 5.58. The molecular weight excluding hydrogens is 246 g/mol. The maximum absolute atomic E-state index is 5.58. The third kappa shape index (κ3) is 6.93. The van der Waals surface area contributed by atoms with Crippen LogP contribution in [0.1, 0.15) is 19.2 Å². The highest BCUT2D eigenvalue weighted by Crippen LogP contribution is 2.13. The van der Waals surface area contributed by atoms with Crippen molar-refractivity contribution in [2.24, 2.45) is 0 Å². The predicted octanol–water partition coefficient (Wildman–Crippen LogP) is 1.65. The summed E-state index contributed by atoms with van der Waals surface area (Å²) in [5.74, 6) is 2.09. The Labute approximate surface area is 114 Å². The van der Waals surface area contributed by atoms with Crippen molar-refractivity contribution in [1.82, 2.24) is 9.97 Å². The number of aryl methyl sites for hydroxylation is 1. The van der Waals surface area contributed by atoms with Gasteiger partial charge in [0, 0.05) is 32.7 Å². The molecule has 0 unspecified atom stereocenters. The predicted molar refractivity (Wildman–Crippen MR) is 73.7 cm³/mol.